The summed E-state index contributed by atoms with van der Waals surface area (Å²) in [5.74, 6) is -0.214. The third-order valence-electron chi connectivity index (χ3n) is 2.51. The Kier molecular flexibility index (Phi) is 4.74. The fourth-order valence-electron chi connectivity index (χ4n) is 1.58. The first-order valence-electron chi connectivity index (χ1n) is 5.77. The van der Waals surface area contributed by atoms with Crippen LogP contribution in [0.25, 0.3) is 0 Å². The predicted molar refractivity (Wildman–Crippen MR) is 66.2 cm³/mol. The summed E-state index contributed by atoms with van der Waals surface area (Å²) in [6.07, 6.45) is -3.81. The highest BCUT2D eigenvalue weighted by atomic mass is 19.4. The predicted octanol–water partition coefficient (Wildman–Crippen LogP) is 2.32. The standard InChI is InChI=1S/C12H16F3N3O/c1-4-9-5-8(6-10(16-2)17-9)11(19)18(3)7-12(13,14)15/h5-6H,4,7H2,1-3H3,(H,16,17). The van der Waals surface area contributed by atoms with Crippen molar-refractivity contribution in [2.45, 2.75) is 19.5 Å². The lowest BCUT2D eigenvalue weighted by molar-refractivity contribution is -0.138. The van der Waals surface area contributed by atoms with E-state index in [9.17, 15) is 18.0 Å². The van der Waals surface area contributed by atoms with Crippen LogP contribution in [0.4, 0.5) is 19.0 Å². The first-order valence-corrected chi connectivity index (χ1v) is 5.77. The van der Waals surface area contributed by atoms with E-state index in [1.54, 1.807) is 7.05 Å². The number of carbonyl (C=O) groups is 1. The van der Waals surface area contributed by atoms with Crippen LogP contribution in [0, 0.1) is 0 Å². The highest BCUT2D eigenvalue weighted by molar-refractivity contribution is 5.94. The van der Waals surface area contributed by atoms with Crippen LogP contribution in [0.1, 0.15) is 23.0 Å². The average molecular weight is 275 g/mol. The van der Waals surface area contributed by atoms with E-state index >= 15 is 0 Å². The molecule has 0 aliphatic carbocycles. The molecule has 0 saturated carbocycles. The summed E-state index contributed by atoms with van der Waals surface area (Å²) in [4.78, 5) is 16.8. The SMILES string of the molecule is CCc1cc(C(=O)N(C)CC(F)(F)F)cc(NC)n1. The molecule has 1 rings (SSSR count). The lowest BCUT2D eigenvalue weighted by Crippen LogP contribution is -2.35. The van der Waals surface area contributed by atoms with Crippen LogP contribution in [0.3, 0.4) is 0 Å². The second kappa shape index (κ2) is 5.90. The Balaban J connectivity index is 2.98. The number of halogens is 3. The molecule has 1 heterocycles. The number of rotatable bonds is 4. The molecular weight excluding hydrogens is 259 g/mol. The molecule has 7 heteroatoms. The van der Waals surface area contributed by atoms with Crippen LogP contribution < -0.4 is 5.32 Å². The van der Waals surface area contributed by atoms with E-state index in [4.69, 9.17) is 0 Å². The Morgan fingerprint density at radius 1 is 1.42 bits per heavy atom. The number of carbonyl (C=O) groups excluding carboxylic acids is 1. The summed E-state index contributed by atoms with van der Waals surface area (Å²) < 4.78 is 36.8. The zero-order valence-electron chi connectivity index (χ0n) is 11.0. The third kappa shape index (κ3) is 4.42. The number of anilines is 1. The van der Waals surface area contributed by atoms with Crippen molar-refractivity contribution in [2.75, 3.05) is 26.0 Å². The molecule has 0 aromatic carbocycles. The van der Waals surface area contributed by atoms with Crippen LogP contribution in [0.15, 0.2) is 12.1 Å². The number of nitrogens with one attached hydrogen (secondary N) is 1. The molecule has 1 aromatic heterocycles. The molecule has 1 N–H and O–H groups in total. The van der Waals surface area contributed by atoms with Crippen molar-refractivity contribution < 1.29 is 18.0 Å². The van der Waals surface area contributed by atoms with E-state index < -0.39 is 18.6 Å². The van der Waals surface area contributed by atoms with Gasteiger partial charge in [-0.15, -0.1) is 0 Å². The van der Waals surface area contributed by atoms with E-state index in [-0.39, 0.29) is 5.56 Å². The smallest absolute Gasteiger partial charge is 0.373 e. The van der Waals surface area contributed by atoms with E-state index in [1.807, 2.05) is 6.92 Å². The zero-order valence-corrected chi connectivity index (χ0v) is 11.0. The van der Waals surface area contributed by atoms with Crippen molar-refractivity contribution in [1.82, 2.24) is 9.88 Å². The Morgan fingerprint density at radius 3 is 2.53 bits per heavy atom. The number of hydrogen-bond acceptors (Lipinski definition) is 3. The van der Waals surface area contributed by atoms with Crippen LogP contribution in [0.2, 0.25) is 0 Å². The normalized spacial score (nSPS) is 11.3. The summed E-state index contributed by atoms with van der Waals surface area (Å²) in [5, 5.41) is 2.78. The molecule has 4 nitrogen and oxygen atoms in total. The minimum Gasteiger partial charge on any atom is -0.373 e. The largest absolute Gasteiger partial charge is 0.406 e. The lowest BCUT2D eigenvalue weighted by Gasteiger charge is -2.19. The number of amides is 1. The molecule has 19 heavy (non-hydrogen) atoms. The fourth-order valence-corrected chi connectivity index (χ4v) is 1.58. The van der Waals surface area contributed by atoms with Crippen LogP contribution in [0.5, 0.6) is 0 Å². The Bertz CT molecular complexity index is 438. The quantitative estimate of drug-likeness (QED) is 0.917. The van der Waals surface area contributed by atoms with Crippen molar-refractivity contribution >= 4 is 11.7 Å². The zero-order chi connectivity index (χ0) is 14.6. The number of aryl methyl sites for hydroxylation is 1. The van der Waals surface area contributed by atoms with Crippen molar-refractivity contribution in [3.63, 3.8) is 0 Å². The van der Waals surface area contributed by atoms with Crippen LogP contribution >= 0.6 is 0 Å². The number of alkyl halides is 3. The highest BCUT2D eigenvalue weighted by Crippen LogP contribution is 2.18. The van der Waals surface area contributed by atoms with Gasteiger partial charge in [0.1, 0.15) is 12.4 Å². The van der Waals surface area contributed by atoms with Crippen molar-refractivity contribution in [1.29, 1.82) is 0 Å². The molecule has 0 bridgehead atoms. The number of pyridine rings is 1. The average Bonchev–Trinajstić information content (AvgIpc) is 2.35. The minimum atomic E-state index is -4.41. The Morgan fingerprint density at radius 2 is 2.05 bits per heavy atom. The van der Waals surface area contributed by atoms with Gasteiger partial charge in [-0.25, -0.2) is 4.98 Å². The maximum absolute atomic E-state index is 12.3. The molecule has 0 unspecified atom stereocenters. The van der Waals surface area contributed by atoms with Gasteiger partial charge in [-0.3, -0.25) is 4.79 Å². The summed E-state index contributed by atoms with van der Waals surface area (Å²) in [6, 6.07) is 2.95. The number of nitrogens with zero attached hydrogens (tertiary/aromatic N) is 2. The first-order chi connectivity index (χ1) is 8.76. The van der Waals surface area contributed by atoms with E-state index in [1.165, 1.54) is 12.1 Å². The van der Waals surface area contributed by atoms with Gasteiger partial charge in [0, 0.05) is 25.4 Å². The molecule has 0 aliphatic rings. The first kappa shape index (κ1) is 15.3. The monoisotopic (exact) mass is 275 g/mol. The summed E-state index contributed by atoms with van der Waals surface area (Å²) in [5.41, 5.74) is 0.846. The van der Waals surface area contributed by atoms with Gasteiger partial charge in [-0.2, -0.15) is 13.2 Å². The van der Waals surface area contributed by atoms with Crippen LogP contribution in [-0.2, 0) is 6.42 Å². The van der Waals surface area contributed by atoms with E-state index in [0.717, 1.165) is 7.05 Å². The topological polar surface area (TPSA) is 45.2 Å². The second-order valence-corrected chi connectivity index (χ2v) is 4.11. The minimum absolute atomic E-state index is 0.197. The summed E-state index contributed by atoms with van der Waals surface area (Å²) in [7, 11) is 2.76. The van der Waals surface area contributed by atoms with E-state index in [2.05, 4.69) is 10.3 Å². The number of hydrogen-bond donors (Lipinski definition) is 1. The van der Waals surface area contributed by atoms with Gasteiger partial charge < -0.3 is 10.2 Å². The van der Waals surface area contributed by atoms with Crippen molar-refractivity contribution in [3.05, 3.63) is 23.4 Å². The molecule has 106 valence electrons. The Hall–Kier alpha value is -1.79. The van der Waals surface area contributed by atoms with Crippen molar-refractivity contribution in [2.24, 2.45) is 0 Å². The lowest BCUT2D eigenvalue weighted by atomic mass is 10.1. The molecule has 0 aliphatic heterocycles. The van der Waals surface area contributed by atoms with Gasteiger partial charge in [0.15, 0.2) is 0 Å². The molecule has 0 fully saturated rings. The summed E-state index contributed by atoms with van der Waals surface area (Å²) >= 11 is 0. The fraction of sp³-hybridized carbons (Fsp3) is 0.500. The maximum Gasteiger partial charge on any atom is 0.406 e. The van der Waals surface area contributed by atoms with Crippen molar-refractivity contribution in [3.8, 4) is 0 Å². The van der Waals surface area contributed by atoms with Gasteiger partial charge in [0.2, 0.25) is 0 Å². The highest BCUT2D eigenvalue weighted by Gasteiger charge is 2.31. The molecule has 1 amide bonds. The third-order valence-corrected chi connectivity index (χ3v) is 2.51. The molecule has 0 spiro atoms. The van der Waals surface area contributed by atoms with Gasteiger partial charge >= 0.3 is 6.18 Å². The van der Waals surface area contributed by atoms with E-state index in [0.29, 0.717) is 22.8 Å². The molecule has 0 atom stereocenters. The Labute approximate surface area is 109 Å². The second-order valence-electron chi connectivity index (χ2n) is 4.11. The molecule has 0 saturated heterocycles. The molecular formula is C12H16F3N3O. The summed E-state index contributed by atoms with van der Waals surface area (Å²) in [6.45, 7) is 0.583. The molecule has 0 radical (unpaired) electrons. The van der Waals surface area contributed by atoms with Crippen LogP contribution in [-0.4, -0.2) is 42.6 Å². The van der Waals surface area contributed by atoms with Gasteiger partial charge in [0.25, 0.3) is 5.91 Å². The van der Waals surface area contributed by atoms with Gasteiger partial charge in [-0.05, 0) is 18.6 Å². The van der Waals surface area contributed by atoms with Gasteiger partial charge in [-0.1, -0.05) is 6.92 Å². The maximum atomic E-state index is 12.3. The van der Waals surface area contributed by atoms with Gasteiger partial charge in [0.05, 0.1) is 0 Å². The molecule has 1 aromatic rings. The number of aromatic nitrogens is 1.